The third-order valence-electron chi connectivity index (χ3n) is 2.84. The Morgan fingerprint density at radius 3 is 2.29 bits per heavy atom. The van der Waals surface area contributed by atoms with Crippen LogP contribution in [0, 0.1) is 23.2 Å². The van der Waals surface area contributed by atoms with Crippen LogP contribution in [0.1, 0.15) is 40.0 Å². The molecule has 0 aliphatic heterocycles. The molecular weight excluding hydrogens is 216 g/mol. The first kappa shape index (κ1) is 13.6. The average molecular weight is 234 g/mol. The number of nitrogens with zero attached hydrogens (tertiary/aromatic N) is 2. The molecule has 17 heavy (non-hydrogen) atoms. The Hall–Kier alpha value is -1.50. The Morgan fingerprint density at radius 1 is 1.41 bits per heavy atom. The molecule has 0 heterocycles. The van der Waals surface area contributed by atoms with Gasteiger partial charge in [0, 0.05) is 24.6 Å². The molecular formula is C13H18N2O2. The second-order valence-corrected chi connectivity index (χ2v) is 4.67. The quantitative estimate of drug-likeness (QED) is 0.553. The van der Waals surface area contributed by atoms with E-state index < -0.39 is 11.8 Å². The van der Waals surface area contributed by atoms with Gasteiger partial charge in [0.25, 0.3) is 0 Å². The van der Waals surface area contributed by atoms with Crippen LogP contribution >= 0.6 is 0 Å². The molecule has 1 saturated carbocycles. The number of ketones is 2. The van der Waals surface area contributed by atoms with Crippen molar-refractivity contribution in [2.45, 2.75) is 46.1 Å². The average Bonchev–Trinajstić information content (AvgIpc) is 2.25. The summed E-state index contributed by atoms with van der Waals surface area (Å²) in [5, 5.41) is 8.77. The zero-order valence-electron chi connectivity index (χ0n) is 10.6. The van der Waals surface area contributed by atoms with E-state index in [0.717, 1.165) is 0 Å². The predicted octanol–water partition coefficient (Wildman–Crippen LogP) is 1.93. The number of carbonyl (C=O) groups excluding carboxylic acids is 2. The standard InChI is InChI=1S/C13H18N2O2/c1-4-10(15-8(2)3)13-11(16)5-9(7-14)6-12(13)17/h8-9,13H,4-6H2,1-3H3. The normalized spacial score (nSPS) is 26.2. The van der Waals surface area contributed by atoms with Crippen molar-refractivity contribution in [1.82, 2.24) is 0 Å². The van der Waals surface area contributed by atoms with Crippen molar-refractivity contribution in [3.63, 3.8) is 0 Å². The maximum Gasteiger partial charge on any atom is 0.150 e. The summed E-state index contributed by atoms with van der Waals surface area (Å²) < 4.78 is 0. The highest BCUT2D eigenvalue weighted by atomic mass is 16.2. The van der Waals surface area contributed by atoms with E-state index in [1.54, 1.807) is 0 Å². The lowest BCUT2D eigenvalue weighted by molar-refractivity contribution is -0.133. The molecule has 0 N–H and O–H groups in total. The number of Topliss-reactive ketones (excluding diaryl/α,β-unsaturated/α-hetero) is 2. The van der Waals surface area contributed by atoms with Gasteiger partial charge in [-0.2, -0.15) is 5.26 Å². The molecule has 4 nitrogen and oxygen atoms in total. The van der Waals surface area contributed by atoms with Crippen LogP contribution in [0.2, 0.25) is 0 Å². The monoisotopic (exact) mass is 234 g/mol. The van der Waals surface area contributed by atoms with Crippen LogP contribution in [-0.4, -0.2) is 23.3 Å². The molecule has 0 atom stereocenters. The Labute approximate surface area is 102 Å². The number of aliphatic imine (C=N–C) groups is 1. The van der Waals surface area contributed by atoms with Gasteiger partial charge in [-0.25, -0.2) is 0 Å². The minimum Gasteiger partial charge on any atom is -0.298 e. The maximum absolute atomic E-state index is 11.9. The summed E-state index contributed by atoms with van der Waals surface area (Å²) in [5.74, 6) is -1.42. The lowest BCUT2D eigenvalue weighted by Crippen LogP contribution is -2.38. The first-order valence-corrected chi connectivity index (χ1v) is 6.01. The molecule has 0 bridgehead atoms. The molecule has 0 saturated heterocycles. The van der Waals surface area contributed by atoms with Gasteiger partial charge in [0.1, 0.15) is 17.5 Å². The summed E-state index contributed by atoms with van der Waals surface area (Å²) in [7, 11) is 0. The highest BCUT2D eigenvalue weighted by molar-refractivity contribution is 6.22. The number of hydrogen-bond acceptors (Lipinski definition) is 4. The molecule has 0 amide bonds. The van der Waals surface area contributed by atoms with Crippen LogP contribution in [0.15, 0.2) is 4.99 Å². The van der Waals surface area contributed by atoms with E-state index >= 15 is 0 Å². The van der Waals surface area contributed by atoms with Gasteiger partial charge in [0.05, 0.1) is 12.0 Å². The van der Waals surface area contributed by atoms with Crippen LogP contribution in [0.4, 0.5) is 0 Å². The van der Waals surface area contributed by atoms with Crippen LogP contribution in [0.25, 0.3) is 0 Å². The number of rotatable bonds is 3. The molecule has 4 heteroatoms. The van der Waals surface area contributed by atoms with E-state index in [1.807, 2.05) is 26.8 Å². The van der Waals surface area contributed by atoms with Gasteiger partial charge in [-0.05, 0) is 20.3 Å². The Balaban J connectivity index is 2.94. The number of hydrogen-bond donors (Lipinski definition) is 0. The topological polar surface area (TPSA) is 70.3 Å². The fraction of sp³-hybridized carbons (Fsp3) is 0.692. The molecule has 0 aromatic carbocycles. The Morgan fingerprint density at radius 2 is 1.94 bits per heavy atom. The van der Waals surface area contributed by atoms with Crippen LogP contribution in [0.3, 0.4) is 0 Å². The molecule has 1 aliphatic rings. The van der Waals surface area contributed by atoms with Gasteiger partial charge >= 0.3 is 0 Å². The summed E-state index contributed by atoms with van der Waals surface area (Å²) in [6.45, 7) is 5.75. The molecule has 1 rings (SSSR count). The second-order valence-electron chi connectivity index (χ2n) is 4.67. The Bertz CT molecular complexity index is 373. The predicted molar refractivity (Wildman–Crippen MR) is 64.7 cm³/mol. The van der Waals surface area contributed by atoms with Crippen molar-refractivity contribution in [2.75, 3.05) is 0 Å². The minimum absolute atomic E-state index is 0.0826. The van der Waals surface area contributed by atoms with Crippen molar-refractivity contribution >= 4 is 17.3 Å². The van der Waals surface area contributed by atoms with Gasteiger partial charge in [0.15, 0.2) is 0 Å². The largest absolute Gasteiger partial charge is 0.298 e. The van der Waals surface area contributed by atoms with Gasteiger partial charge in [-0.15, -0.1) is 0 Å². The SMILES string of the molecule is CCC(=NC(C)C)C1C(=O)CC(C#N)CC1=O. The van der Waals surface area contributed by atoms with Crippen molar-refractivity contribution in [1.29, 1.82) is 5.26 Å². The highest BCUT2D eigenvalue weighted by Crippen LogP contribution is 2.25. The summed E-state index contributed by atoms with van der Waals surface area (Å²) >= 11 is 0. The summed E-state index contributed by atoms with van der Waals surface area (Å²) in [6, 6.07) is 2.08. The molecule has 0 unspecified atom stereocenters. The Kier molecular flexibility index (Phi) is 4.56. The number of nitriles is 1. The summed E-state index contributed by atoms with van der Waals surface area (Å²) in [5.41, 5.74) is 0.673. The summed E-state index contributed by atoms with van der Waals surface area (Å²) in [4.78, 5) is 28.2. The smallest absolute Gasteiger partial charge is 0.150 e. The van der Waals surface area contributed by atoms with Crippen LogP contribution in [-0.2, 0) is 9.59 Å². The van der Waals surface area contributed by atoms with Gasteiger partial charge < -0.3 is 0 Å². The molecule has 0 aromatic rings. The van der Waals surface area contributed by atoms with Crippen LogP contribution in [0.5, 0.6) is 0 Å². The summed E-state index contributed by atoms with van der Waals surface area (Å²) in [6.07, 6.45) is 0.978. The first-order valence-electron chi connectivity index (χ1n) is 6.01. The molecule has 0 radical (unpaired) electrons. The maximum atomic E-state index is 11.9. The van der Waals surface area contributed by atoms with Crippen molar-refractivity contribution in [3.05, 3.63) is 0 Å². The van der Waals surface area contributed by atoms with E-state index in [0.29, 0.717) is 12.1 Å². The van der Waals surface area contributed by atoms with Gasteiger partial charge in [-0.1, -0.05) is 6.92 Å². The second kappa shape index (κ2) is 5.72. The highest BCUT2D eigenvalue weighted by Gasteiger charge is 2.37. The van der Waals surface area contributed by atoms with E-state index in [4.69, 9.17) is 5.26 Å². The molecule has 0 spiro atoms. The van der Waals surface area contributed by atoms with E-state index in [2.05, 4.69) is 4.99 Å². The fourth-order valence-corrected chi connectivity index (χ4v) is 2.14. The zero-order chi connectivity index (χ0) is 13.0. The fourth-order valence-electron chi connectivity index (χ4n) is 2.14. The van der Waals surface area contributed by atoms with Crippen LogP contribution < -0.4 is 0 Å². The lowest BCUT2D eigenvalue weighted by Gasteiger charge is -2.23. The third kappa shape index (κ3) is 3.23. The first-order chi connectivity index (χ1) is 7.99. The van der Waals surface area contributed by atoms with E-state index in [-0.39, 0.29) is 30.4 Å². The van der Waals surface area contributed by atoms with Gasteiger partial charge in [-0.3, -0.25) is 14.6 Å². The number of carbonyl (C=O) groups is 2. The molecule has 1 fully saturated rings. The zero-order valence-corrected chi connectivity index (χ0v) is 10.6. The minimum atomic E-state index is -0.688. The van der Waals surface area contributed by atoms with Crippen molar-refractivity contribution < 1.29 is 9.59 Å². The van der Waals surface area contributed by atoms with E-state index in [9.17, 15) is 9.59 Å². The molecule has 92 valence electrons. The van der Waals surface area contributed by atoms with Gasteiger partial charge in [0.2, 0.25) is 0 Å². The third-order valence-corrected chi connectivity index (χ3v) is 2.84. The lowest BCUT2D eigenvalue weighted by atomic mass is 9.77. The van der Waals surface area contributed by atoms with Crippen molar-refractivity contribution in [2.24, 2.45) is 16.8 Å². The molecule has 1 aliphatic carbocycles. The molecule has 0 aromatic heterocycles. The van der Waals surface area contributed by atoms with Crippen molar-refractivity contribution in [3.8, 4) is 6.07 Å². The van der Waals surface area contributed by atoms with E-state index in [1.165, 1.54) is 0 Å².